The molecule has 0 aliphatic heterocycles. The molecule has 0 bridgehead atoms. The molecule has 12 heavy (non-hydrogen) atoms. The zero-order valence-corrected chi connectivity index (χ0v) is 6.03. The topological polar surface area (TPSA) is 97.1 Å². The molecule has 62 valence electrons. The molecule has 0 aromatic carbocycles. The number of aliphatic hydroxyl groups is 1. The Balaban J connectivity index is 3.47. The Labute approximate surface area is 67.5 Å². The van der Waals surface area contributed by atoms with E-state index in [1.165, 1.54) is 0 Å². The largest absolute Gasteiger partial charge is 0.494 e. The summed E-state index contributed by atoms with van der Waals surface area (Å²) in [5, 5.41) is 26.2. The van der Waals surface area contributed by atoms with Gasteiger partial charge in [-0.05, 0) is 0 Å². The van der Waals surface area contributed by atoms with E-state index in [1.54, 1.807) is 6.07 Å². The highest BCUT2D eigenvalue weighted by atomic mass is 16.3. The van der Waals surface area contributed by atoms with E-state index in [2.05, 4.69) is 0 Å². The number of nitrogens with one attached hydrogen (secondary N) is 1. The number of nitriles is 1. The monoisotopic (exact) mass is 166 g/mol. The van der Waals surface area contributed by atoms with Crippen LogP contribution in [-0.4, -0.2) is 15.2 Å². The van der Waals surface area contributed by atoms with Crippen molar-refractivity contribution in [1.29, 1.82) is 5.26 Å². The van der Waals surface area contributed by atoms with Crippen LogP contribution in [0, 0.1) is 11.3 Å². The number of rotatable bonds is 1. The predicted octanol–water partition coefficient (Wildman–Crippen LogP) is -0.556. The minimum atomic E-state index is -0.546. The normalized spacial score (nSPS) is 9.33. The molecule has 0 fully saturated rings. The highest BCUT2D eigenvalue weighted by Crippen LogP contribution is 2.13. The second-order valence-electron chi connectivity index (χ2n) is 2.15. The molecule has 0 unspecified atom stereocenters. The van der Waals surface area contributed by atoms with Crippen molar-refractivity contribution in [2.24, 2.45) is 0 Å². The molecule has 3 N–H and O–H groups in total. The van der Waals surface area contributed by atoms with Gasteiger partial charge >= 0.3 is 0 Å². The lowest BCUT2D eigenvalue weighted by molar-refractivity contribution is 0.280. The first-order valence-electron chi connectivity index (χ1n) is 3.15. The van der Waals surface area contributed by atoms with Gasteiger partial charge in [0, 0.05) is 11.6 Å². The van der Waals surface area contributed by atoms with E-state index in [1.807, 2.05) is 4.98 Å². The fourth-order valence-electron chi connectivity index (χ4n) is 0.847. The molecular weight excluding hydrogens is 160 g/mol. The van der Waals surface area contributed by atoms with Gasteiger partial charge in [0.25, 0.3) is 5.56 Å². The molecule has 0 radical (unpaired) electrons. The van der Waals surface area contributed by atoms with Gasteiger partial charge in [0.1, 0.15) is 11.6 Å². The van der Waals surface area contributed by atoms with Crippen molar-refractivity contribution in [2.45, 2.75) is 6.61 Å². The number of hydrogen-bond donors (Lipinski definition) is 3. The minimum absolute atomic E-state index is 0.0999. The van der Waals surface area contributed by atoms with Gasteiger partial charge in [-0.2, -0.15) is 5.26 Å². The standard InChI is InChI=1S/C7H6N2O3/c8-2-5-4(3-10)1-6(11)9-7(5)12/h1,10H,3H2,(H2,9,11,12). The molecule has 5 nitrogen and oxygen atoms in total. The number of hydrogen-bond acceptors (Lipinski definition) is 4. The van der Waals surface area contributed by atoms with E-state index < -0.39 is 18.0 Å². The van der Waals surface area contributed by atoms with Gasteiger partial charge in [0.15, 0.2) is 0 Å². The maximum absolute atomic E-state index is 10.7. The third-order valence-electron chi connectivity index (χ3n) is 1.39. The molecule has 0 saturated carbocycles. The Bertz CT molecular complexity index is 389. The molecule has 0 aliphatic carbocycles. The van der Waals surface area contributed by atoms with Crippen LogP contribution in [0.15, 0.2) is 10.9 Å². The Morgan fingerprint density at radius 1 is 1.67 bits per heavy atom. The van der Waals surface area contributed by atoms with E-state index in [-0.39, 0.29) is 11.1 Å². The van der Waals surface area contributed by atoms with Crippen LogP contribution in [0.1, 0.15) is 11.1 Å². The van der Waals surface area contributed by atoms with Gasteiger partial charge in [0.2, 0.25) is 5.88 Å². The first-order chi connectivity index (χ1) is 5.69. The number of aliphatic hydroxyl groups excluding tert-OH is 1. The molecule has 1 aromatic rings. The van der Waals surface area contributed by atoms with Crippen molar-refractivity contribution in [3.05, 3.63) is 27.5 Å². The van der Waals surface area contributed by atoms with E-state index in [4.69, 9.17) is 15.5 Å². The van der Waals surface area contributed by atoms with Crippen LogP contribution in [0.4, 0.5) is 0 Å². The number of pyridine rings is 1. The summed E-state index contributed by atoms with van der Waals surface area (Å²) in [5.74, 6) is -0.506. The number of aromatic amines is 1. The molecule has 0 saturated heterocycles. The number of aromatic nitrogens is 1. The molecular formula is C7H6N2O3. The second kappa shape index (κ2) is 3.07. The smallest absolute Gasteiger partial charge is 0.251 e. The average molecular weight is 166 g/mol. The molecule has 0 aliphatic rings. The lowest BCUT2D eigenvalue weighted by Gasteiger charge is -1.99. The van der Waals surface area contributed by atoms with Crippen LogP contribution < -0.4 is 5.56 Å². The van der Waals surface area contributed by atoms with Crippen molar-refractivity contribution in [3.63, 3.8) is 0 Å². The first-order valence-corrected chi connectivity index (χ1v) is 3.15. The summed E-state index contributed by atoms with van der Waals surface area (Å²) in [5.41, 5.74) is -0.522. The highest BCUT2D eigenvalue weighted by molar-refractivity contribution is 5.43. The zero-order chi connectivity index (χ0) is 9.14. The molecule has 1 heterocycles. The highest BCUT2D eigenvalue weighted by Gasteiger charge is 2.07. The van der Waals surface area contributed by atoms with Gasteiger partial charge in [0.05, 0.1) is 6.61 Å². The molecule has 1 rings (SSSR count). The number of nitrogens with zero attached hydrogens (tertiary/aromatic N) is 1. The van der Waals surface area contributed by atoms with Crippen molar-refractivity contribution >= 4 is 0 Å². The van der Waals surface area contributed by atoms with Crippen LogP contribution in [0.5, 0.6) is 5.88 Å². The summed E-state index contributed by atoms with van der Waals surface area (Å²) in [4.78, 5) is 12.7. The molecule has 0 atom stereocenters. The summed E-state index contributed by atoms with van der Waals surface area (Å²) in [6.45, 7) is -0.444. The van der Waals surface area contributed by atoms with E-state index in [9.17, 15) is 4.79 Å². The number of H-pyrrole nitrogens is 1. The average Bonchev–Trinajstić information content (AvgIpc) is 2.03. The van der Waals surface area contributed by atoms with Gasteiger partial charge in [-0.25, -0.2) is 0 Å². The van der Waals surface area contributed by atoms with Crippen LogP contribution in [-0.2, 0) is 6.61 Å². The summed E-state index contributed by atoms with van der Waals surface area (Å²) in [6, 6.07) is 2.73. The van der Waals surface area contributed by atoms with Crippen LogP contribution in [0.3, 0.4) is 0 Å². The summed E-state index contributed by atoms with van der Waals surface area (Å²) < 4.78 is 0. The van der Waals surface area contributed by atoms with Gasteiger partial charge in [-0.1, -0.05) is 0 Å². The number of aromatic hydroxyl groups is 1. The lowest BCUT2D eigenvalue weighted by atomic mass is 10.1. The van der Waals surface area contributed by atoms with E-state index in [0.29, 0.717) is 0 Å². The molecule has 0 spiro atoms. The van der Waals surface area contributed by atoms with Gasteiger partial charge < -0.3 is 10.2 Å². The Kier molecular flexibility index (Phi) is 2.12. The lowest BCUT2D eigenvalue weighted by Crippen LogP contribution is -2.07. The summed E-state index contributed by atoms with van der Waals surface area (Å²) in [7, 11) is 0. The quantitative estimate of drug-likeness (QED) is 0.521. The van der Waals surface area contributed by atoms with Crippen molar-refractivity contribution < 1.29 is 10.2 Å². The summed E-state index contributed by atoms with van der Waals surface area (Å²) in [6.07, 6.45) is 0. The Morgan fingerprint density at radius 2 is 2.33 bits per heavy atom. The van der Waals surface area contributed by atoms with Crippen molar-refractivity contribution in [3.8, 4) is 11.9 Å². The SMILES string of the molecule is N#Cc1c(CO)cc(=O)[nH]c1O. The zero-order valence-electron chi connectivity index (χ0n) is 6.03. The molecule has 5 heteroatoms. The molecule has 1 aromatic heterocycles. The van der Waals surface area contributed by atoms with Crippen LogP contribution in [0.25, 0.3) is 0 Å². The minimum Gasteiger partial charge on any atom is -0.494 e. The predicted molar refractivity (Wildman–Crippen MR) is 39.4 cm³/mol. The van der Waals surface area contributed by atoms with Crippen LogP contribution >= 0.6 is 0 Å². The fourth-order valence-corrected chi connectivity index (χ4v) is 0.847. The Hall–Kier alpha value is -1.80. The third kappa shape index (κ3) is 1.28. The van der Waals surface area contributed by atoms with Crippen molar-refractivity contribution in [2.75, 3.05) is 0 Å². The van der Waals surface area contributed by atoms with E-state index in [0.717, 1.165) is 6.07 Å². The third-order valence-corrected chi connectivity index (χ3v) is 1.39. The maximum Gasteiger partial charge on any atom is 0.251 e. The fraction of sp³-hybridized carbons (Fsp3) is 0.143. The van der Waals surface area contributed by atoms with E-state index >= 15 is 0 Å². The van der Waals surface area contributed by atoms with Crippen molar-refractivity contribution in [1.82, 2.24) is 4.98 Å². The van der Waals surface area contributed by atoms with Gasteiger partial charge in [-0.3, -0.25) is 9.78 Å². The Morgan fingerprint density at radius 3 is 2.83 bits per heavy atom. The second-order valence-corrected chi connectivity index (χ2v) is 2.15. The summed E-state index contributed by atoms with van der Waals surface area (Å²) >= 11 is 0. The van der Waals surface area contributed by atoms with Gasteiger partial charge in [-0.15, -0.1) is 0 Å². The first kappa shape index (κ1) is 8.30. The molecule has 0 amide bonds. The maximum atomic E-state index is 10.7. The van der Waals surface area contributed by atoms with Crippen LogP contribution in [0.2, 0.25) is 0 Å².